The molecule has 0 aromatic carbocycles. The standard InChI is InChI=1S/C7H10N2O/c1-5-3-8-7(6(5)2)9-4-10/h4H,3H2,1-2H3,(H,8,9,10). The Morgan fingerprint density at radius 1 is 1.60 bits per heavy atom. The first-order valence-electron chi connectivity index (χ1n) is 3.17. The minimum atomic E-state index is 0.654. The van der Waals surface area contributed by atoms with Gasteiger partial charge in [0.15, 0.2) is 0 Å². The summed E-state index contributed by atoms with van der Waals surface area (Å²) in [7, 11) is 0. The van der Waals surface area contributed by atoms with E-state index in [0.717, 1.165) is 12.1 Å². The summed E-state index contributed by atoms with van der Waals surface area (Å²) in [6, 6.07) is 0. The summed E-state index contributed by atoms with van der Waals surface area (Å²) in [4.78, 5) is 14.1. The second-order valence-corrected chi connectivity index (χ2v) is 2.33. The Hall–Kier alpha value is -1.12. The minimum absolute atomic E-state index is 0.654. The van der Waals surface area contributed by atoms with Crippen LogP contribution in [0.1, 0.15) is 13.8 Å². The number of amidine groups is 1. The van der Waals surface area contributed by atoms with Crippen molar-refractivity contribution in [2.75, 3.05) is 6.54 Å². The molecule has 1 N–H and O–H groups in total. The highest BCUT2D eigenvalue weighted by molar-refractivity contribution is 6.05. The van der Waals surface area contributed by atoms with Crippen LogP contribution in [0.15, 0.2) is 16.1 Å². The van der Waals surface area contributed by atoms with Gasteiger partial charge in [0.2, 0.25) is 6.41 Å². The van der Waals surface area contributed by atoms with Gasteiger partial charge in [-0.2, -0.15) is 0 Å². The van der Waals surface area contributed by atoms with Crippen LogP contribution < -0.4 is 5.32 Å². The van der Waals surface area contributed by atoms with Crippen molar-refractivity contribution in [3.8, 4) is 0 Å². The highest BCUT2D eigenvalue weighted by Crippen LogP contribution is 2.11. The molecule has 0 aromatic heterocycles. The zero-order chi connectivity index (χ0) is 7.56. The fourth-order valence-electron chi connectivity index (χ4n) is 0.847. The van der Waals surface area contributed by atoms with Crippen LogP contribution in [0.3, 0.4) is 0 Å². The SMILES string of the molecule is CC1=C(C)C(NC=O)=NC1. The zero-order valence-electron chi connectivity index (χ0n) is 6.14. The van der Waals surface area contributed by atoms with Crippen molar-refractivity contribution in [3.05, 3.63) is 11.1 Å². The number of rotatable bonds is 1. The van der Waals surface area contributed by atoms with Crippen LogP contribution in [0.2, 0.25) is 0 Å². The molecule has 0 spiro atoms. The van der Waals surface area contributed by atoms with E-state index in [0.29, 0.717) is 12.2 Å². The van der Waals surface area contributed by atoms with Gasteiger partial charge in [-0.05, 0) is 25.0 Å². The van der Waals surface area contributed by atoms with Gasteiger partial charge in [-0.15, -0.1) is 0 Å². The summed E-state index contributed by atoms with van der Waals surface area (Å²) in [6.07, 6.45) is 0.654. The van der Waals surface area contributed by atoms with Crippen LogP contribution in [-0.4, -0.2) is 18.8 Å². The van der Waals surface area contributed by atoms with E-state index in [1.165, 1.54) is 5.57 Å². The first kappa shape index (κ1) is 6.99. The van der Waals surface area contributed by atoms with Crippen LogP contribution in [0.5, 0.6) is 0 Å². The van der Waals surface area contributed by atoms with Crippen molar-refractivity contribution in [1.29, 1.82) is 0 Å². The maximum absolute atomic E-state index is 10.00. The molecule has 0 radical (unpaired) electrons. The molecule has 0 unspecified atom stereocenters. The molecule has 0 saturated heterocycles. The van der Waals surface area contributed by atoms with Crippen LogP contribution in [0.25, 0.3) is 0 Å². The Kier molecular flexibility index (Phi) is 1.85. The van der Waals surface area contributed by atoms with Gasteiger partial charge in [0, 0.05) is 0 Å². The van der Waals surface area contributed by atoms with E-state index in [-0.39, 0.29) is 0 Å². The molecule has 0 aliphatic carbocycles. The third-order valence-electron chi connectivity index (χ3n) is 1.67. The number of aliphatic imine (C=N–C) groups is 1. The summed E-state index contributed by atoms with van der Waals surface area (Å²) in [5, 5.41) is 2.54. The second kappa shape index (κ2) is 2.64. The van der Waals surface area contributed by atoms with Gasteiger partial charge in [-0.1, -0.05) is 0 Å². The van der Waals surface area contributed by atoms with E-state index in [4.69, 9.17) is 0 Å². The highest BCUT2D eigenvalue weighted by atomic mass is 16.1. The Morgan fingerprint density at radius 3 is 2.70 bits per heavy atom. The average Bonchev–Trinajstić information content (AvgIpc) is 2.20. The molecule has 10 heavy (non-hydrogen) atoms. The molecule has 54 valence electrons. The Morgan fingerprint density at radius 2 is 2.30 bits per heavy atom. The molecule has 0 bridgehead atoms. The first-order valence-corrected chi connectivity index (χ1v) is 3.17. The number of hydrogen-bond donors (Lipinski definition) is 1. The van der Waals surface area contributed by atoms with Crippen LogP contribution in [0.4, 0.5) is 0 Å². The number of nitrogens with one attached hydrogen (secondary N) is 1. The van der Waals surface area contributed by atoms with Gasteiger partial charge in [-0.3, -0.25) is 9.79 Å². The van der Waals surface area contributed by atoms with Gasteiger partial charge in [0.25, 0.3) is 0 Å². The monoisotopic (exact) mass is 138 g/mol. The predicted molar refractivity (Wildman–Crippen MR) is 39.9 cm³/mol. The molecule has 1 aliphatic rings. The summed E-state index contributed by atoms with van der Waals surface area (Å²) in [5.41, 5.74) is 2.32. The van der Waals surface area contributed by atoms with Crippen molar-refractivity contribution < 1.29 is 4.79 Å². The molecule has 0 fully saturated rings. The molecule has 3 nitrogen and oxygen atoms in total. The zero-order valence-corrected chi connectivity index (χ0v) is 6.14. The van der Waals surface area contributed by atoms with Crippen molar-refractivity contribution in [2.45, 2.75) is 13.8 Å². The van der Waals surface area contributed by atoms with Gasteiger partial charge >= 0.3 is 0 Å². The second-order valence-electron chi connectivity index (χ2n) is 2.33. The summed E-state index contributed by atoms with van der Waals surface area (Å²) >= 11 is 0. The molecule has 1 rings (SSSR count). The topological polar surface area (TPSA) is 41.5 Å². The fourth-order valence-corrected chi connectivity index (χ4v) is 0.847. The largest absolute Gasteiger partial charge is 0.313 e. The number of hydrogen-bond acceptors (Lipinski definition) is 2. The smallest absolute Gasteiger partial charge is 0.212 e. The van der Waals surface area contributed by atoms with Crippen molar-refractivity contribution in [1.82, 2.24) is 5.32 Å². The van der Waals surface area contributed by atoms with E-state index in [1.807, 2.05) is 13.8 Å². The lowest BCUT2D eigenvalue weighted by molar-refractivity contribution is -0.108. The van der Waals surface area contributed by atoms with E-state index in [9.17, 15) is 4.79 Å². The van der Waals surface area contributed by atoms with E-state index in [1.54, 1.807) is 0 Å². The number of amides is 1. The molecule has 0 saturated carbocycles. The number of carbonyl (C=O) groups excluding carboxylic acids is 1. The number of carbonyl (C=O) groups is 1. The normalized spacial score (nSPS) is 17.2. The Bertz CT molecular complexity index is 216. The Labute approximate surface area is 59.8 Å². The third kappa shape index (κ3) is 1.07. The molecule has 0 aromatic rings. The minimum Gasteiger partial charge on any atom is -0.313 e. The Balaban J connectivity index is 2.72. The molecular formula is C7H10N2O. The van der Waals surface area contributed by atoms with E-state index >= 15 is 0 Å². The molecular weight excluding hydrogens is 128 g/mol. The highest BCUT2D eigenvalue weighted by Gasteiger charge is 2.10. The molecule has 1 aliphatic heterocycles. The number of nitrogens with zero attached hydrogens (tertiary/aromatic N) is 1. The third-order valence-corrected chi connectivity index (χ3v) is 1.67. The van der Waals surface area contributed by atoms with E-state index in [2.05, 4.69) is 10.3 Å². The quantitative estimate of drug-likeness (QED) is 0.526. The first-order chi connectivity index (χ1) is 4.75. The van der Waals surface area contributed by atoms with Crippen LogP contribution in [0, 0.1) is 0 Å². The molecule has 1 heterocycles. The van der Waals surface area contributed by atoms with Crippen molar-refractivity contribution in [3.63, 3.8) is 0 Å². The van der Waals surface area contributed by atoms with Gasteiger partial charge in [0.1, 0.15) is 5.84 Å². The maximum atomic E-state index is 10.00. The van der Waals surface area contributed by atoms with E-state index < -0.39 is 0 Å². The summed E-state index contributed by atoms with van der Waals surface area (Å²) < 4.78 is 0. The van der Waals surface area contributed by atoms with Crippen LogP contribution in [-0.2, 0) is 4.79 Å². The average molecular weight is 138 g/mol. The van der Waals surface area contributed by atoms with Crippen molar-refractivity contribution in [2.24, 2.45) is 4.99 Å². The van der Waals surface area contributed by atoms with Gasteiger partial charge < -0.3 is 5.32 Å². The van der Waals surface area contributed by atoms with Gasteiger partial charge in [-0.25, -0.2) is 0 Å². The molecule has 0 atom stereocenters. The lowest BCUT2D eigenvalue weighted by Crippen LogP contribution is -2.20. The van der Waals surface area contributed by atoms with Crippen LogP contribution >= 0.6 is 0 Å². The van der Waals surface area contributed by atoms with Gasteiger partial charge in [0.05, 0.1) is 6.54 Å². The predicted octanol–water partition coefficient (Wildman–Crippen LogP) is 0.481. The lowest BCUT2D eigenvalue weighted by Gasteiger charge is -1.97. The molecule has 1 amide bonds. The fraction of sp³-hybridized carbons (Fsp3) is 0.429. The summed E-state index contributed by atoms with van der Waals surface area (Å²) in [6.45, 7) is 4.69. The summed E-state index contributed by atoms with van der Waals surface area (Å²) in [5.74, 6) is 0.715. The lowest BCUT2D eigenvalue weighted by atomic mass is 10.2. The molecule has 3 heteroatoms. The maximum Gasteiger partial charge on any atom is 0.212 e. The van der Waals surface area contributed by atoms with Crippen molar-refractivity contribution >= 4 is 12.2 Å².